The number of cyclic esters (lactones) is 1. The summed E-state index contributed by atoms with van der Waals surface area (Å²) in [6.45, 7) is 17.4. The summed E-state index contributed by atoms with van der Waals surface area (Å²) in [7, 11) is 1.73. The van der Waals surface area contributed by atoms with Gasteiger partial charge in [0.05, 0.1) is 58.6 Å². The van der Waals surface area contributed by atoms with Gasteiger partial charge < -0.3 is 69.1 Å². The highest BCUT2D eigenvalue weighted by Gasteiger charge is 2.52. The van der Waals surface area contributed by atoms with E-state index in [2.05, 4.69) is 5.32 Å². The Labute approximate surface area is 461 Å². The number of likely N-dealkylation sites (N-methyl/N-ethyl adjacent to an activating group) is 2. The van der Waals surface area contributed by atoms with Crippen LogP contribution in [0.5, 0.6) is 0 Å². The Bertz CT molecular complexity index is 2110. The fourth-order valence-electron chi connectivity index (χ4n) is 11.1. The lowest BCUT2D eigenvalue weighted by atomic mass is 9.78. The summed E-state index contributed by atoms with van der Waals surface area (Å²) >= 11 is 13.2. The lowest BCUT2D eigenvalue weighted by Gasteiger charge is -2.48. The van der Waals surface area contributed by atoms with Crippen LogP contribution >= 0.6 is 23.2 Å². The fourth-order valence-corrected chi connectivity index (χ4v) is 12.1. The number of nitrogens with zero attached hydrogens (tertiary/aromatic N) is 2. The molecule has 76 heavy (non-hydrogen) atoms. The third-order valence-electron chi connectivity index (χ3n) is 16.3. The standard InChI is InChI=1S/C54H92Cl2FN3O15S/c1-15-42-52(9,67)27-41(61)35(6)60(12)30-31(2)21-23-51(8,66)47(33(4)45(34(5)48(64)73-42)74-43-28-53(10,70-13)46(63)36(7)72-43)75-49-44(62)40(25-32(3)71-49)59(11)24-16-22-54(55,56)50(65)58-38(29-57)26-37-17-19-39(20-18-37)76(14,68)69/h17-20,31-36,38,40-47,49,61-63,66-67H,15-16,21-30H2,1-14H3,(H,58,65)/t31-,32-,33+,34-,35-,36+,38+,40+,41+,42-,43+,44-,45+,46+,47-,49+,51-,52+,53-/m1/s1. The van der Waals surface area contributed by atoms with Crippen molar-refractivity contribution in [2.24, 2.45) is 17.8 Å². The number of esters is 1. The number of carbonyl (C=O) groups excluding carboxylic acids is 2. The molecule has 3 aliphatic heterocycles. The van der Waals surface area contributed by atoms with Crippen molar-refractivity contribution in [2.75, 3.05) is 47.2 Å². The Morgan fingerprint density at radius 1 is 1.01 bits per heavy atom. The Morgan fingerprint density at radius 3 is 2.22 bits per heavy atom. The van der Waals surface area contributed by atoms with Gasteiger partial charge in [-0.15, -0.1) is 0 Å². The predicted molar refractivity (Wildman–Crippen MR) is 287 cm³/mol. The fraction of sp³-hybridized carbons (Fsp3) is 0.852. The number of carbonyl (C=O) groups is 2. The summed E-state index contributed by atoms with van der Waals surface area (Å²) in [5.74, 6) is -3.49. The number of aliphatic hydroxyl groups is 5. The van der Waals surface area contributed by atoms with Crippen LogP contribution in [-0.2, 0) is 54.3 Å². The van der Waals surface area contributed by atoms with E-state index in [0.29, 0.717) is 31.5 Å². The Morgan fingerprint density at radius 2 is 1.64 bits per heavy atom. The Hall–Kier alpha value is -1.86. The highest BCUT2D eigenvalue weighted by molar-refractivity contribution is 7.90. The molecule has 3 fully saturated rings. The maximum absolute atomic E-state index is 14.5. The normalized spacial score (nSPS) is 38.8. The van der Waals surface area contributed by atoms with Gasteiger partial charge in [-0.1, -0.05) is 56.1 Å². The molecular formula is C54H92Cl2FN3O15S. The van der Waals surface area contributed by atoms with Crippen LogP contribution in [0.3, 0.4) is 0 Å². The summed E-state index contributed by atoms with van der Waals surface area (Å²) in [5.41, 5.74) is -3.79. The second-order valence-electron chi connectivity index (χ2n) is 23.2. The van der Waals surface area contributed by atoms with Crippen LogP contribution < -0.4 is 5.32 Å². The molecule has 1 amide bonds. The van der Waals surface area contributed by atoms with Crippen LogP contribution in [0, 0.1) is 17.8 Å². The van der Waals surface area contributed by atoms with Crippen LogP contribution in [0.1, 0.15) is 126 Å². The maximum atomic E-state index is 14.5. The second kappa shape index (κ2) is 27.7. The Balaban J connectivity index is 1.63. The van der Waals surface area contributed by atoms with E-state index < -0.39 is 135 Å². The highest BCUT2D eigenvalue weighted by atomic mass is 35.5. The number of methoxy groups -OCH3 is 1. The van der Waals surface area contributed by atoms with Gasteiger partial charge in [-0.2, -0.15) is 0 Å². The molecule has 3 heterocycles. The zero-order valence-electron chi connectivity index (χ0n) is 47.3. The van der Waals surface area contributed by atoms with Gasteiger partial charge in [-0.05, 0) is 138 Å². The zero-order chi connectivity index (χ0) is 57.5. The largest absolute Gasteiger partial charge is 0.459 e. The molecule has 440 valence electrons. The third kappa shape index (κ3) is 17.6. The first-order valence-electron chi connectivity index (χ1n) is 26.9. The van der Waals surface area contributed by atoms with Crippen molar-refractivity contribution >= 4 is 44.9 Å². The van der Waals surface area contributed by atoms with Crippen molar-refractivity contribution in [2.45, 2.75) is 233 Å². The third-order valence-corrected chi connectivity index (χ3v) is 18.2. The number of alkyl halides is 3. The molecule has 0 aromatic heterocycles. The minimum Gasteiger partial charge on any atom is -0.459 e. The molecule has 18 nitrogen and oxygen atoms in total. The van der Waals surface area contributed by atoms with Gasteiger partial charge in [0.15, 0.2) is 26.8 Å². The first-order chi connectivity index (χ1) is 35.1. The number of benzene rings is 1. The number of halogens is 3. The lowest BCUT2D eigenvalue weighted by Crippen LogP contribution is -2.60. The van der Waals surface area contributed by atoms with Crippen molar-refractivity contribution in [3.05, 3.63) is 29.8 Å². The van der Waals surface area contributed by atoms with Crippen molar-refractivity contribution in [3.8, 4) is 0 Å². The van der Waals surface area contributed by atoms with E-state index in [-0.39, 0.29) is 61.8 Å². The van der Waals surface area contributed by atoms with Crippen molar-refractivity contribution in [1.29, 1.82) is 0 Å². The van der Waals surface area contributed by atoms with E-state index in [4.69, 9.17) is 51.6 Å². The summed E-state index contributed by atoms with van der Waals surface area (Å²) < 4.78 is 74.3. The molecule has 22 heteroatoms. The summed E-state index contributed by atoms with van der Waals surface area (Å²) in [6, 6.07) is 3.99. The van der Waals surface area contributed by atoms with Crippen molar-refractivity contribution < 1.29 is 76.4 Å². The van der Waals surface area contributed by atoms with E-state index >= 15 is 0 Å². The minimum absolute atomic E-state index is 0.00770. The maximum Gasteiger partial charge on any atom is 0.311 e. The summed E-state index contributed by atoms with van der Waals surface area (Å²) in [4.78, 5) is 31.9. The average Bonchev–Trinajstić information content (AvgIpc) is 3.34. The molecule has 0 bridgehead atoms. The molecule has 4 rings (SSSR count). The topological polar surface area (TPSA) is 243 Å². The van der Waals surface area contributed by atoms with Crippen molar-refractivity contribution in [1.82, 2.24) is 15.1 Å². The molecular weight excluding hydrogens is 1050 g/mol. The molecule has 0 spiro atoms. The van der Waals surface area contributed by atoms with E-state index in [1.54, 1.807) is 67.6 Å². The lowest BCUT2D eigenvalue weighted by molar-refractivity contribution is -0.318. The number of rotatable bonds is 17. The van der Waals surface area contributed by atoms with E-state index in [1.807, 2.05) is 37.6 Å². The van der Waals surface area contributed by atoms with Gasteiger partial charge in [-0.25, -0.2) is 12.8 Å². The minimum atomic E-state index is -3.43. The number of aliphatic hydroxyl groups excluding tert-OH is 3. The molecule has 3 aliphatic rings. The van der Waals surface area contributed by atoms with E-state index in [1.165, 1.54) is 19.2 Å². The van der Waals surface area contributed by atoms with Crippen LogP contribution in [0.2, 0.25) is 0 Å². The van der Waals surface area contributed by atoms with Gasteiger partial charge >= 0.3 is 5.97 Å². The second-order valence-corrected chi connectivity index (χ2v) is 26.7. The number of sulfone groups is 1. The molecule has 0 saturated carbocycles. The zero-order valence-corrected chi connectivity index (χ0v) is 49.6. The predicted octanol–water partition coefficient (Wildman–Crippen LogP) is 5.11. The summed E-state index contributed by atoms with van der Waals surface area (Å²) in [5, 5.41) is 62.0. The smallest absolute Gasteiger partial charge is 0.311 e. The first kappa shape index (κ1) is 66.7. The van der Waals surface area contributed by atoms with Crippen LogP contribution in [0.15, 0.2) is 29.2 Å². The average molecular weight is 1150 g/mol. The molecule has 6 N–H and O–H groups in total. The molecule has 1 aromatic rings. The summed E-state index contributed by atoms with van der Waals surface area (Å²) in [6.07, 6.45) is -7.56. The van der Waals surface area contributed by atoms with Gasteiger partial charge in [0.25, 0.3) is 5.91 Å². The molecule has 3 saturated heterocycles. The van der Waals surface area contributed by atoms with Gasteiger partial charge in [-0.3, -0.25) is 9.59 Å². The molecule has 0 radical (unpaired) electrons. The molecule has 1 aromatic carbocycles. The van der Waals surface area contributed by atoms with Gasteiger partial charge in [0.1, 0.15) is 30.6 Å². The van der Waals surface area contributed by atoms with Gasteiger partial charge in [0.2, 0.25) is 0 Å². The van der Waals surface area contributed by atoms with E-state index in [9.17, 15) is 47.9 Å². The Kier molecular flexibility index (Phi) is 24.3. The van der Waals surface area contributed by atoms with Crippen LogP contribution in [0.4, 0.5) is 4.39 Å². The SMILES string of the molecule is CC[C@H]1OC(=O)[C@H](C)[C@@H](O[C@H]2C[C@@](C)(OC)[C@@H](O)[C@H](C)O2)[C@H](C)[C@@H](O[C@@H]2O[C@H](C)C[C@H](N(C)CCCC(Cl)(Cl)C(=O)N[C@H](CF)Cc3ccc(S(C)(=O)=O)cc3)[C@H]2O)[C@](C)(O)CC[C@@H](C)CN(C)[C@H](C)[C@@H](O)C[C@]1(C)O. The highest BCUT2D eigenvalue weighted by Crippen LogP contribution is 2.40. The van der Waals surface area contributed by atoms with E-state index in [0.717, 1.165) is 6.26 Å². The molecule has 19 atom stereocenters. The molecule has 0 unspecified atom stereocenters. The van der Waals surface area contributed by atoms with Crippen LogP contribution in [0.25, 0.3) is 0 Å². The number of hydrogen-bond acceptors (Lipinski definition) is 17. The number of nitrogens with one attached hydrogen (secondary N) is 1. The number of amides is 1. The number of ether oxygens (including phenoxy) is 6. The van der Waals surface area contributed by atoms with Gasteiger partial charge in [0, 0.05) is 50.8 Å². The first-order valence-corrected chi connectivity index (χ1v) is 29.6. The monoisotopic (exact) mass is 1140 g/mol. The van der Waals surface area contributed by atoms with Crippen molar-refractivity contribution in [3.63, 3.8) is 0 Å². The quantitative estimate of drug-likeness (QED) is 0.0878. The molecule has 0 aliphatic carbocycles. The van der Waals surface area contributed by atoms with Crippen LogP contribution in [-0.4, -0.2) is 204 Å². The number of hydrogen-bond donors (Lipinski definition) is 6.